The molecule has 1 aliphatic heterocycles. The zero-order chi connectivity index (χ0) is 19.7. The normalized spacial score (nSPS) is 16.1. The number of ether oxygens (including phenoxy) is 1. The number of carbonyl (C=O) groups is 2. The maximum absolute atomic E-state index is 12.9. The van der Waals surface area contributed by atoms with Gasteiger partial charge in [0.1, 0.15) is 11.4 Å². The third kappa shape index (κ3) is 3.22. The molecule has 28 heavy (non-hydrogen) atoms. The lowest BCUT2D eigenvalue weighted by atomic mass is 9.94. The fourth-order valence-corrected chi connectivity index (χ4v) is 3.40. The molecule has 2 heterocycles. The van der Waals surface area contributed by atoms with Crippen molar-refractivity contribution >= 4 is 11.9 Å². The fourth-order valence-electron chi connectivity index (χ4n) is 3.40. The van der Waals surface area contributed by atoms with Gasteiger partial charge in [0.05, 0.1) is 12.3 Å². The first-order chi connectivity index (χ1) is 13.5. The first kappa shape index (κ1) is 17.8. The number of nitrogens with one attached hydrogen (secondary N) is 1. The van der Waals surface area contributed by atoms with Crippen LogP contribution in [0.15, 0.2) is 60.7 Å². The lowest BCUT2D eigenvalue weighted by Crippen LogP contribution is -2.38. The smallest absolute Gasteiger partial charge is 0.356 e. The highest BCUT2D eigenvalue weighted by molar-refractivity contribution is 5.96. The molecule has 0 unspecified atom stereocenters. The van der Waals surface area contributed by atoms with Gasteiger partial charge < -0.3 is 15.2 Å². The summed E-state index contributed by atoms with van der Waals surface area (Å²) in [6.45, 7) is 2.40. The molecule has 0 saturated heterocycles. The zero-order valence-corrected chi connectivity index (χ0v) is 15.2. The maximum Gasteiger partial charge on any atom is 0.356 e. The molecule has 2 N–H and O–H groups in total. The Morgan fingerprint density at radius 1 is 1.18 bits per heavy atom. The van der Waals surface area contributed by atoms with Gasteiger partial charge in [-0.15, -0.1) is 0 Å². The molecule has 3 aromatic rings. The molecule has 0 spiro atoms. The molecule has 1 aliphatic rings. The van der Waals surface area contributed by atoms with Crippen LogP contribution in [-0.4, -0.2) is 39.4 Å². The standard InChI is InChI=1S/C21H19N3O4/c1-13(16-12-28-19-10-6-5-9-15(16)19)22-20(25)18-11-17(21(26)27)23-24(18)14-7-3-2-4-8-14/h2-11,13,16H,12H2,1H3,(H,22,25)(H,26,27)/t13-,16-/m1/s1. The van der Waals surface area contributed by atoms with Crippen molar-refractivity contribution in [3.63, 3.8) is 0 Å². The Bertz CT molecular complexity index is 1030. The number of nitrogens with zero attached hydrogens (tertiary/aromatic N) is 2. The minimum absolute atomic E-state index is 0.0205. The highest BCUT2D eigenvalue weighted by Gasteiger charge is 2.30. The SMILES string of the molecule is C[C@@H](NC(=O)c1cc(C(=O)O)nn1-c1ccccc1)[C@H]1COc2ccccc21. The number of hydrogen-bond acceptors (Lipinski definition) is 4. The van der Waals surface area contributed by atoms with Gasteiger partial charge in [0.25, 0.3) is 5.91 Å². The largest absolute Gasteiger partial charge is 0.493 e. The third-order valence-electron chi connectivity index (χ3n) is 4.86. The molecule has 0 radical (unpaired) electrons. The number of fused-ring (bicyclic) bond motifs is 1. The summed E-state index contributed by atoms with van der Waals surface area (Å²) in [6.07, 6.45) is 0. The summed E-state index contributed by atoms with van der Waals surface area (Å²) in [5, 5.41) is 16.3. The second kappa shape index (κ2) is 7.19. The molecule has 7 heteroatoms. The van der Waals surface area contributed by atoms with Crippen LogP contribution in [0.2, 0.25) is 0 Å². The van der Waals surface area contributed by atoms with E-state index in [2.05, 4.69) is 10.4 Å². The van der Waals surface area contributed by atoms with Crippen molar-refractivity contribution in [2.45, 2.75) is 18.9 Å². The van der Waals surface area contributed by atoms with Gasteiger partial charge in [-0.3, -0.25) is 4.79 Å². The predicted octanol–water partition coefficient (Wildman–Crippen LogP) is 2.87. The minimum atomic E-state index is -1.19. The van der Waals surface area contributed by atoms with Crippen molar-refractivity contribution in [1.82, 2.24) is 15.1 Å². The van der Waals surface area contributed by atoms with E-state index in [1.165, 1.54) is 10.7 Å². The Morgan fingerprint density at radius 3 is 2.64 bits per heavy atom. The van der Waals surface area contributed by atoms with Crippen LogP contribution >= 0.6 is 0 Å². The summed E-state index contributed by atoms with van der Waals surface area (Å²) in [6, 6.07) is 17.8. The van der Waals surface area contributed by atoms with Crippen LogP contribution in [0.1, 0.15) is 39.4 Å². The first-order valence-corrected chi connectivity index (χ1v) is 8.96. The lowest BCUT2D eigenvalue weighted by molar-refractivity contribution is 0.0689. The topological polar surface area (TPSA) is 93.5 Å². The number of hydrogen-bond donors (Lipinski definition) is 2. The van der Waals surface area contributed by atoms with Crippen molar-refractivity contribution in [2.24, 2.45) is 0 Å². The molecule has 0 bridgehead atoms. The van der Waals surface area contributed by atoms with Crippen LogP contribution in [0.3, 0.4) is 0 Å². The van der Waals surface area contributed by atoms with Gasteiger partial charge in [-0.25, -0.2) is 9.48 Å². The summed E-state index contributed by atoms with van der Waals surface area (Å²) >= 11 is 0. The van der Waals surface area contributed by atoms with E-state index in [1.54, 1.807) is 24.3 Å². The van der Waals surface area contributed by atoms with Gasteiger partial charge in [-0.1, -0.05) is 36.4 Å². The molecule has 0 aliphatic carbocycles. The number of carboxylic acid groups (broad SMARTS) is 1. The van der Waals surface area contributed by atoms with Crippen molar-refractivity contribution in [3.05, 3.63) is 77.6 Å². The van der Waals surface area contributed by atoms with Gasteiger partial charge in [-0.2, -0.15) is 5.10 Å². The summed E-state index contributed by atoms with van der Waals surface area (Å²) < 4.78 is 7.05. The Morgan fingerprint density at radius 2 is 1.89 bits per heavy atom. The van der Waals surface area contributed by atoms with E-state index in [0.717, 1.165) is 11.3 Å². The average Bonchev–Trinajstić information content (AvgIpc) is 3.33. The molecule has 4 rings (SSSR count). The molecular weight excluding hydrogens is 358 g/mol. The third-order valence-corrected chi connectivity index (χ3v) is 4.86. The van der Waals surface area contributed by atoms with E-state index in [0.29, 0.717) is 12.3 Å². The molecule has 2 aromatic carbocycles. The Kier molecular flexibility index (Phi) is 4.57. The van der Waals surface area contributed by atoms with Gasteiger partial charge in [0.2, 0.25) is 0 Å². The maximum atomic E-state index is 12.9. The monoisotopic (exact) mass is 377 g/mol. The summed E-state index contributed by atoms with van der Waals surface area (Å²) in [4.78, 5) is 24.3. The van der Waals surface area contributed by atoms with Gasteiger partial charge in [0, 0.05) is 23.6 Å². The van der Waals surface area contributed by atoms with Crippen LogP contribution in [0.25, 0.3) is 5.69 Å². The van der Waals surface area contributed by atoms with Crippen LogP contribution in [0, 0.1) is 0 Å². The Balaban J connectivity index is 1.61. The number of benzene rings is 2. The molecule has 142 valence electrons. The number of carboxylic acids is 1. The van der Waals surface area contributed by atoms with Gasteiger partial charge in [-0.05, 0) is 25.1 Å². The van der Waals surface area contributed by atoms with Gasteiger partial charge in [0.15, 0.2) is 5.69 Å². The van der Waals surface area contributed by atoms with E-state index in [1.807, 2.05) is 37.3 Å². The van der Waals surface area contributed by atoms with Crippen LogP contribution in [-0.2, 0) is 0 Å². The Labute approximate surface area is 161 Å². The molecule has 2 atom stereocenters. The highest BCUT2D eigenvalue weighted by atomic mass is 16.5. The number of aromatic nitrogens is 2. The van der Waals surface area contributed by atoms with Crippen molar-refractivity contribution in [1.29, 1.82) is 0 Å². The molecule has 0 saturated carbocycles. The number of carbonyl (C=O) groups excluding carboxylic acids is 1. The van der Waals surface area contributed by atoms with Crippen LogP contribution in [0.4, 0.5) is 0 Å². The lowest BCUT2D eigenvalue weighted by Gasteiger charge is -2.20. The Hall–Kier alpha value is -3.61. The number of amides is 1. The molecular formula is C21H19N3O4. The van der Waals surface area contributed by atoms with E-state index in [-0.39, 0.29) is 29.3 Å². The molecule has 7 nitrogen and oxygen atoms in total. The van der Waals surface area contributed by atoms with E-state index in [9.17, 15) is 14.7 Å². The number of rotatable bonds is 5. The molecule has 1 aromatic heterocycles. The number of para-hydroxylation sites is 2. The summed E-state index contributed by atoms with van der Waals surface area (Å²) in [5.74, 6) is -0.723. The second-order valence-electron chi connectivity index (χ2n) is 6.68. The van der Waals surface area contributed by atoms with Crippen LogP contribution in [0.5, 0.6) is 5.75 Å². The average molecular weight is 377 g/mol. The van der Waals surface area contributed by atoms with E-state index >= 15 is 0 Å². The van der Waals surface area contributed by atoms with Gasteiger partial charge >= 0.3 is 5.97 Å². The summed E-state index contributed by atoms with van der Waals surface area (Å²) in [7, 11) is 0. The van der Waals surface area contributed by atoms with E-state index in [4.69, 9.17) is 4.74 Å². The highest BCUT2D eigenvalue weighted by Crippen LogP contribution is 2.35. The zero-order valence-electron chi connectivity index (χ0n) is 15.2. The van der Waals surface area contributed by atoms with Crippen molar-refractivity contribution in [2.75, 3.05) is 6.61 Å². The molecule has 0 fully saturated rings. The number of aromatic carboxylic acids is 1. The quantitative estimate of drug-likeness (QED) is 0.713. The summed E-state index contributed by atoms with van der Waals surface area (Å²) in [5.41, 5.74) is 1.65. The molecule has 1 amide bonds. The van der Waals surface area contributed by atoms with Crippen molar-refractivity contribution < 1.29 is 19.4 Å². The second-order valence-corrected chi connectivity index (χ2v) is 6.68. The van der Waals surface area contributed by atoms with Crippen molar-refractivity contribution in [3.8, 4) is 11.4 Å². The predicted molar refractivity (Wildman–Crippen MR) is 102 cm³/mol. The van der Waals surface area contributed by atoms with Crippen LogP contribution < -0.4 is 10.1 Å². The minimum Gasteiger partial charge on any atom is -0.493 e. The fraction of sp³-hybridized carbons (Fsp3) is 0.190. The van der Waals surface area contributed by atoms with E-state index < -0.39 is 5.97 Å². The first-order valence-electron chi connectivity index (χ1n) is 8.96.